The van der Waals surface area contributed by atoms with Crippen LogP contribution in [0, 0.1) is 20.8 Å². The fourth-order valence-electron chi connectivity index (χ4n) is 3.65. The van der Waals surface area contributed by atoms with Crippen LogP contribution >= 0.6 is 0 Å². The van der Waals surface area contributed by atoms with Gasteiger partial charge in [0.05, 0.1) is 16.8 Å². The zero-order chi connectivity index (χ0) is 22.2. The molecule has 0 aliphatic rings. The van der Waals surface area contributed by atoms with Crippen LogP contribution < -0.4 is 5.32 Å². The molecule has 0 bridgehead atoms. The molecule has 2 aromatic heterocycles. The van der Waals surface area contributed by atoms with Crippen LogP contribution in [0.1, 0.15) is 27.3 Å². The summed E-state index contributed by atoms with van der Waals surface area (Å²) < 4.78 is 7.24. The van der Waals surface area contributed by atoms with E-state index < -0.39 is 0 Å². The molecule has 5 aromatic rings. The van der Waals surface area contributed by atoms with Gasteiger partial charge in [0.15, 0.2) is 11.5 Å². The second-order valence-corrected chi connectivity index (χ2v) is 7.77. The molecule has 3 aromatic carbocycles. The van der Waals surface area contributed by atoms with Gasteiger partial charge < -0.3 is 9.84 Å². The lowest BCUT2D eigenvalue weighted by atomic mass is 10.1. The molecule has 7 nitrogen and oxygen atoms in total. The van der Waals surface area contributed by atoms with Crippen molar-refractivity contribution in [1.29, 1.82) is 0 Å². The van der Waals surface area contributed by atoms with Gasteiger partial charge in [-0.3, -0.25) is 4.79 Å². The normalized spacial score (nSPS) is 11.1. The Morgan fingerprint density at radius 3 is 2.53 bits per heavy atom. The zero-order valence-corrected chi connectivity index (χ0v) is 18.0. The van der Waals surface area contributed by atoms with Crippen molar-refractivity contribution in [2.45, 2.75) is 20.8 Å². The van der Waals surface area contributed by atoms with Crippen molar-refractivity contribution in [3.63, 3.8) is 0 Å². The van der Waals surface area contributed by atoms with Gasteiger partial charge >= 0.3 is 0 Å². The highest BCUT2D eigenvalue weighted by molar-refractivity contribution is 6.03. The van der Waals surface area contributed by atoms with Gasteiger partial charge in [-0.15, -0.1) is 5.10 Å². The van der Waals surface area contributed by atoms with Gasteiger partial charge in [0.25, 0.3) is 5.91 Å². The van der Waals surface area contributed by atoms with Crippen molar-refractivity contribution in [2.24, 2.45) is 0 Å². The summed E-state index contributed by atoms with van der Waals surface area (Å²) in [5.41, 5.74) is 6.39. The van der Waals surface area contributed by atoms with Crippen LogP contribution in [0.5, 0.6) is 0 Å². The summed E-state index contributed by atoms with van der Waals surface area (Å²) in [6.45, 7) is 5.87. The summed E-state index contributed by atoms with van der Waals surface area (Å²) in [5, 5.41) is 16.3. The maximum atomic E-state index is 12.8. The zero-order valence-electron chi connectivity index (χ0n) is 18.0. The standard InChI is InChI=1S/C25H21N5O2/c1-15-9-10-19(13-16(15)2)26-25(31)23-17(3)30(29-27-23)20-11-12-22-21(14-20)24(32-28-22)18-7-5-4-6-8-18/h4-14H,1-3H3,(H,26,31). The molecule has 1 amide bonds. The van der Waals surface area contributed by atoms with E-state index in [1.807, 2.05) is 87.5 Å². The molecule has 0 unspecified atom stereocenters. The lowest BCUT2D eigenvalue weighted by Crippen LogP contribution is -2.14. The molecule has 7 heteroatoms. The number of hydrogen-bond donors (Lipinski definition) is 1. The third kappa shape index (κ3) is 3.43. The molecular weight excluding hydrogens is 402 g/mol. The fraction of sp³-hybridized carbons (Fsp3) is 0.120. The van der Waals surface area contributed by atoms with E-state index in [9.17, 15) is 4.79 Å². The number of anilines is 1. The van der Waals surface area contributed by atoms with Crippen LogP contribution in [-0.2, 0) is 0 Å². The van der Waals surface area contributed by atoms with E-state index in [-0.39, 0.29) is 11.6 Å². The smallest absolute Gasteiger partial charge is 0.278 e. The van der Waals surface area contributed by atoms with Crippen LogP contribution in [0.4, 0.5) is 5.69 Å². The minimum atomic E-state index is -0.298. The van der Waals surface area contributed by atoms with E-state index in [2.05, 4.69) is 20.8 Å². The molecule has 0 aliphatic carbocycles. The van der Waals surface area contributed by atoms with E-state index in [0.717, 1.165) is 33.4 Å². The Morgan fingerprint density at radius 1 is 0.938 bits per heavy atom. The number of rotatable bonds is 4. The minimum absolute atomic E-state index is 0.275. The third-order valence-corrected chi connectivity index (χ3v) is 5.62. The Morgan fingerprint density at radius 2 is 1.75 bits per heavy atom. The van der Waals surface area contributed by atoms with Crippen molar-refractivity contribution >= 4 is 22.5 Å². The predicted molar refractivity (Wildman–Crippen MR) is 123 cm³/mol. The molecule has 158 valence electrons. The van der Waals surface area contributed by atoms with Crippen molar-refractivity contribution in [3.05, 3.63) is 89.2 Å². The lowest BCUT2D eigenvalue weighted by molar-refractivity contribution is 0.102. The Labute approximate surface area is 184 Å². The van der Waals surface area contributed by atoms with Crippen LogP contribution in [0.3, 0.4) is 0 Å². The largest absolute Gasteiger partial charge is 0.355 e. The Kier molecular flexibility index (Phi) is 4.78. The van der Waals surface area contributed by atoms with Crippen molar-refractivity contribution in [1.82, 2.24) is 20.2 Å². The average molecular weight is 423 g/mol. The minimum Gasteiger partial charge on any atom is -0.355 e. The monoisotopic (exact) mass is 423 g/mol. The number of carbonyl (C=O) groups is 1. The molecule has 1 N–H and O–H groups in total. The summed E-state index contributed by atoms with van der Waals surface area (Å²) in [5.74, 6) is 0.390. The highest BCUT2D eigenvalue weighted by Crippen LogP contribution is 2.30. The predicted octanol–water partition coefficient (Wildman–Crippen LogP) is 5.25. The number of aromatic nitrogens is 4. The highest BCUT2D eigenvalue weighted by atomic mass is 16.5. The van der Waals surface area contributed by atoms with Crippen molar-refractivity contribution in [3.8, 4) is 17.0 Å². The van der Waals surface area contributed by atoms with Gasteiger partial charge in [-0.2, -0.15) is 0 Å². The lowest BCUT2D eigenvalue weighted by Gasteiger charge is -2.07. The van der Waals surface area contributed by atoms with Gasteiger partial charge in [0.1, 0.15) is 5.52 Å². The molecule has 0 fully saturated rings. The number of benzene rings is 3. The topological polar surface area (TPSA) is 85.8 Å². The number of nitrogens with zero attached hydrogens (tertiary/aromatic N) is 4. The van der Waals surface area contributed by atoms with Gasteiger partial charge in [0, 0.05) is 11.3 Å². The van der Waals surface area contributed by atoms with E-state index in [4.69, 9.17) is 4.52 Å². The van der Waals surface area contributed by atoms with Gasteiger partial charge in [-0.1, -0.05) is 46.8 Å². The quantitative estimate of drug-likeness (QED) is 0.426. The van der Waals surface area contributed by atoms with Gasteiger partial charge in [0.2, 0.25) is 0 Å². The molecule has 5 rings (SSSR count). The molecule has 0 saturated heterocycles. The molecule has 0 atom stereocenters. The first-order valence-electron chi connectivity index (χ1n) is 10.3. The second kappa shape index (κ2) is 7.77. The highest BCUT2D eigenvalue weighted by Gasteiger charge is 2.19. The first kappa shape index (κ1) is 19.7. The fourth-order valence-corrected chi connectivity index (χ4v) is 3.65. The first-order chi connectivity index (χ1) is 15.5. The molecule has 32 heavy (non-hydrogen) atoms. The first-order valence-corrected chi connectivity index (χ1v) is 10.3. The maximum Gasteiger partial charge on any atom is 0.278 e. The summed E-state index contributed by atoms with van der Waals surface area (Å²) in [6.07, 6.45) is 0. The van der Waals surface area contributed by atoms with Crippen molar-refractivity contribution in [2.75, 3.05) is 5.32 Å². The molecule has 0 radical (unpaired) electrons. The van der Waals surface area contributed by atoms with Crippen LogP contribution in [-0.4, -0.2) is 26.1 Å². The SMILES string of the molecule is Cc1ccc(NC(=O)c2nnn(-c3ccc4noc(-c5ccccc5)c4c3)c2C)cc1C. The Balaban J connectivity index is 1.48. The van der Waals surface area contributed by atoms with E-state index in [0.29, 0.717) is 11.5 Å². The second-order valence-electron chi connectivity index (χ2n) is 7.77. The number of carbonyl (C=O) groups excluding carboxylic acids is 1. The van der Waals surface area contributed by atoms with Crippen LogP contribution in [0.15, 0.2) is 71.3 Å². The van der Waals surface area contributed by atoms with Crippen LogP contribution in [0.2, 0.25) is 0 Å². The molecule has 0 aliphatic heterocycles. The van der Waals surface area contributed by atoms with Gasteiger partial charge in [-0.05, 0) is 62.2 Å². The summed E-state index contributed by atoms with van der Waals surface area (Å²) in [7, 11) is 0. The van der Waals surface area contributed by atoms with Crippen LogP contribution in [0.25, 0.3) is 27.9 Å². The summed E-state index contributed by atoms with van der Waals surface area (Å²) in [4.78, 5) is 12.8. The number of amides is 1. The number of fused-ring (bicyclic) bond motifs is 1. The molecular formula is C25H21N5O2. The van der Waals surface area contributed by atoms with E-state index >= 15 is 0 Å². The number of hydrogen-bond acceptors (Lipinski definition) is 5. The maximum absolute atomic E-state index is 12.8. The van der Waals surface area contributed by atoms with E-state index in [1.54, 1.807) is 4.68 Å². The Bertz CT molecular complexity index is 1450. The average Bonchev–Trinajstić information content (AvgIpc) is 3.40. The van der Waals surface area contributed by atoms with E-state index in [1.165, 1.54) is 5.56 Å². The Hall–Kier alpha value is -4.26. The molecule has 0 saturated carbocycles. The van der Waals surface area contributed by atoms with Crippen molar-refractivity contribution < 1.29 is 9.32 Å². The summed E-state index contributed by atoms with van der Waals surface area (Å²) in [6, 6.07) is 21.3. The van der Waals surface area contributed by atoms with Gasteiger partial charge in [-0.25, -0.2) is 4.68 Å². The third-order valence-electron chi connectivity index (χ3n) is 5.62. The molecule has 0 spiro atoms. The number of nitrogens with one attached hydrogen (secondary N) is 1. The molecule has 2 heterocycles. The number of aryl methyl sites for hydroxylation is 2. The summed E-state index contributed by atoms with van der Waals surface area (Å²) >= 11 is 0.